The third-order valence-corrected chi connectivity index (χ3v) is 4.62. The number of aromatic nitrogens is 2. The van der Waals surface area contributed by atoms with Crippen molar-refractivity contribution in [3.63, 3.8) is 0 Å². The van der Waals surface area contributed by atoms with Gasteiger partial charge in [-0.2, -0.15) is 0 Å². The first kappa shape index (κ1) is 17.2. The van der Waals surface area contributed by atoms with Crippen LogP contribution in [0.1, 0.15) is 33.3 Å². The monoisotopic (exact) mass is 341 g/mol. The fourth-order valence-electron chi connectivity index (χ4n) is 3.15. The average Bonchev–Trinajstić information content (AvgIpc) is 2.97. The van der Waals surface area contributed by atoms with Crippen LogP contribution in [0.2, 0.25) is 0 Å². The van der Waals surface area contributed by atoms with Gasteiger partial charge in [0.2, 0.25) is 0 Å². The molecule has 0 spiro atoms. The molecule has 1 aliphatic heterocycles. The Morgan fingerprint density at radius 2 is 1.96 bits per heavy atom. The molecule has 2 N–H and O–H groups in total. The van der Waals surface area contributed by atoms with E-state index in [4.69, 9.17) is 5.73 Å². The smallest absolute Gasteiger partial charge is 0.252 e. The fourth-order valence-corrected chi connectivity index (χ4v) is 3.15. The number of primary amides is 1. The number of carbonyl (C=O) groups is 2. The van der Waals surface area contributed by atoms with E-state index in [1.807, 2.05) is 23.9 Å². The van der Waals surface area contributed by atoms with Gasteiger partial charge in [-0.1, -0.05) is 0 Å². The van der Waals surface area contributed by atoms with Gasteiger partial charge < -0.3 is 15.2 Å². The Labute approximate surface area is 147 Å². The number of nitrogens with two attached hydrogens (primary N) is 1. The Morgan fingerprint density at radius 1 is 1.24 bits per heavy atom. The van der Waals surface area contributed by atoms with Gasteiger partial charge in [0.15, 0.2) is 5.78 Å². The minimum absolute atomic E-state index is 0.0841. The molecule has 0 saturated carbocycles. The van der Waals surface area contributed by atoms with Gasteiger partial charge in [0.1, 0.15) is 5.82 Å². The highest BCUT2D eigenvalue weighted by atomic mass is 16.1. The van der Waals surface area contributed by atoms with Crippen LogP contribution in [0.5, 0.6) is 0 Å². The van der Waals surface area contributed by atoms with Gasteiger partial charge in [-0.3, -0.25) is 14.5 Å². The molecule has 2 aromatic rings. The van der Waals surface area contributed by atoms with Gasteiger partial charge >= 0.3 is 0 Å². The summed E-state index contributed by atoms with van der Waals surface area (Å²) in [5.41, 5.74) is 7.78. The van der Waals surface area contributed by atoms with Crippen LogP contribution in [0.4, 0.5) is 5.82 Å². The van der Waals surface area contributed by atoms with E-state index in [1.54, 1.807) is 25.3 Å². The number of pyridine rings is 1. The molecule has 0 radical (unpaired) electrons. The second kappa shape index (κ2) is 7.06. The highest BCUT2D eigenvalue weighted by Crippen LogP contribution is 2.19. The van der Waals surface area contributed by atoms with Crippen molar-refractivity contribution in [2.75, 3.05) is 31.1 Å². The van der Waals surface area contributed by atoms with E-state index >= 15 is 0 Å². The van der Waals surface area contributed by atoms with Crippen molar-refractivity contribution >= 4 is 17.5 Å². The van der Waals surface area contributed by atoms with E-state index in [0.29, 0.717) is 11.4 Å². The summed E-state index contributed by atoms with van der Waals surface area (Å²) in [7, 11) is 1.96. The molecule has 0 aliphatic carbocycles. The van der Waals surface area contributed by atoms with Crippen LogP contribution in [0.25, 0.3) is 0 Å². The van der Waals surface area contributed by atoms with E-state index in [0.717, 1.165) is 44.0 Å². The maximum absolute atomic E-state index is 11.6. The molecule has 7 nitrogen and oxygen atoms in total. The first-order valence-corrected chi connectivity index (χ1v) is 8.34. The molecule has 132 valence electrons. The van der Waals surface area contributed by atoms with Crippen molar-refractivity contribution in [1.82, 2.24) is 14.5 Å². The topological polar surface area (TPSA) is 84.5 Å². The van der Waals surface area contributed by atoms with E-state index in [1.165, 1.54) is 0 Å². The molecule has 7 heteroatoms. The Kier molecular flexibility index (Phi) is 4.85. The van der Waals surface area contributed by atoms with Crippen LogP contribution >= 0.6 is 0 Å². The molecule has 1 saturated heterocycles. The average molecular weight is 341 g/mol. The maximum Gasteiger partial charge on any atom is 0.252 e. The summed E-state index contributed by atoms with van der Waals surface area (Å²) in [6.07, 6.45) is 3.56. The zero-order chi connectivity index (χ0) is 18.0. The lowest BCUT2D eigenvalue weighted by Gasteiger charge is -2.35. The normalized spacial score (nSPS) is 15.4. The quantitative estimate of drug-likeness (QED) is 0.822. The van der Waals surface area contributed by atoms with Crippen molar-refractivity contribution in [3.05, 3.63) is 47.4 Å². The summed E-state index contributed by atoms with van der Waals surface area (Å²) in [6, 6.07) is 5.39. The maximum atomic E-state index is 11.6. The number of amides is 1. The summed E-state index contributed by atoms with van der Waals surface area (Å²) in [6.45, 7) is 5.65. The summed E-state index contributed by atoms with van der Waals surface area (Å²) in [4.78, 5) is 31.9. The van der Waals surface area contributed by atoms with Crippen LogP contribution in [0, 0.1) is 0 Å². The largest absolute Gasteiger partial charge is 0.365 e. The molecule has 1 fully saturated rings. The second-order valence-electron chi connectivity index (χ2n) is 6.39. The highest BCUT2D eigenvalue weighted by Gasteiger charge is 2.22. The van der Waals surface area contributed by atoms with Gasteiger partial charge in [0.05, 0.1) is 5.56 Å². The summed E-state index contributed by atoms with van der Waals surface area (Å²) in [5.74, 6) is 0.291. The molecule has 25 heavy (non-hydrogen) atoms. The van der Waals surface area contributed by atoms with Crippen molar-refractivity contribution in [1.29, 1.82) is 0 Å². The van der Waals surface area contributed by atoms with E-state index in [9.17, 15) is 9.59 Å². The molecule has 0 unspecified atom stereocenters. The predicted molar refractivity (Wildman–Crippen MR) is 95.7 cm³/mol. The summed E-state index contributed by atoms with van der Waals surface area (Å²) >= 11 is 0. The minimum atomic E-state index is -0.453. The first-order chi connectivity index (χ1) is 12.0. The molecular weight excluding hydrogens is 318 g/mol. The second-order valence-corrected chi connectivity index (χ2v) is 6.39. The van der Waals surface area contributed by atoms with E-state index < -0.39 is 5.91 Å². The Morgan fingerprint density at radius 3 is 2.56 bits per heavy atom. The molecule has 0 aromatic carbocycles. The SMILES string of the molecule is CC(=O)c1cc(CN2CCN(c3ncccc3C(N)=O)CC2)n(C)c1. The van der Waals surface area contributed by atoms with Gasteiger partial charge in [0, 0.05) is 63.4 Å². The number of Topliss-reactive ketones (excluding diaryl/α,β-unsaturated/α-hetero) is 1. The van der Waals surface area contributed by atoms with Crippen molar-refractivity contribution in [2.45, 2.75) is 13.5 Å². The summed E-state index contributed by atoms with van der Waals surface area (Å²) in [5, 5.41) is 0. The molecular formula is C18H23N5O2. The Bertz CT molecular complexity index is 791. The zero-order valence-electron chi connectivity index (χ0n) is 14.6. The number of ketones is 1. The summed E-state index contributed by atoms with van der Waals surface area (Å²) < 4.78 is 2.01. The van der Waals surface area contributed by atoms with E-state index in [-0.39, 0.29) is 5.78 Å². The molecule has 0 bridgehead atoms. The van der Waals surface area contributed by atoms with Crippen molar-refractivity contribution < 1.29 is 9.59 Å². The van der Waals surface area contributed by atoms with Crippen molar-refractivity contribution in [3.8, 4) is 0 Å². The number of hydrogen-bond acceptors (Lipinski definition) is 5. The number of rotatable bonds is 5. The van der Waals surface area contributed by atoms with Crippen LogP contribution < -0.4 is 10.6 Å². The lowest BCUT2D eigenvalue weighted by atomic mass is 10.2. The van der Waals surface area contributed by atoms with Gasteiger partial charge in [0.25, 0.3) is 5.91 Å². The lowest BCUT2D eigenvalue weighted by molar-refractivity contribution is 0.0996. The third-order valence-electron chi connectivity index (χ3n) is 4.62. The minimum Gasteiger partial charge on any atom is -0.365 e. The third kappa shape index (κ3) is 3.71. The first-order valence-electron chi connectivity index (χ1n) is 8.34. The highest BCUT2D eigenvalue weighted by molar-refractivity contribution is 5.97. The number of aryl methyl sites for hydroxylation is 1. The zero-order valence-corrected chi connectivity index (χ0v) is 14.6. The molecule has 1 amide bonds. The molecule has 3 rings (SSSR count). The predicted octanol–water partition coefficient (Wildman–Crippen LogP) is 1.04. The Balaban J connectivity index is 1.65. The number of carbonyl (C=O) groups excluding carboxylic acids is 2. The van der Waals surface area contributed by atoms with Gasteiger partial charge in [-0.25, -0.2) is 4.98 Å². The van der Waals surface area contributed by atoms with Crippen LogP contribution in [0.15, 0.2) is 30.6 Å². The van der Waals surface area contributed by atoms with Crippen LogP contribution in [-0.4, -0.2) is 52.3 Å². The van der Waals surface area contributed by atoms with Crippen LogP contribution in [0.3, 0.4) is 0 Å². The number of hydrogen-bond donors (Lipinski definition) is 1. The molecule has 3 heterocycles. The fraction of sp³-hybridized carbons (Fsp3) is 0.389. The standard InChI is InChI=1S/C18H23N5O2/c1-13(24)14-10-15(21(2)11-14)12-22-6-8-23(9-7-22)18-16(17(19)25)4-3-5-20-18/h3-5,10-11H,6-9,12H2,1-2H3,(H2,19,25). The number of piperazine rings is 1. The molecule has 0 atom stereocenters. The Hall–Kier alpha value is -2.67. The van der Waals surface area contributed by atoms with Crippen LogP contribution in [-0.2, 0) is 13.6 Å². The molecule has 1 aliphatic rings. The lowest BCUT2D eigenvalue weighted by Crippen LogP contribution is -2.47. The molecule has 2 aromatic heterocycles. The van der Waals surface area contributed by atoms with E-state index in [2.05, 4.69) is 14.8 Å². The number of anilines is 1. The van der Waals surface area contributed by atoms with Gasteiger partial charge in [-0.05, 0) is 25.1 Å². The number of nitrogens with zero attached hydrogens (tertiary/aromatic N) is 4. The van der Waals surface area contributed by atoms with Gasteiger partial charge in [-0.15, -0.1) is 0 Å². The van der Waals surface area contributed by atoms with Crippen molar-refractivity contribution in [2.24, 2.45) is 12.8 Å².